The molecule has 0 spiro atoms. The van der Waals surface area contributed by atoms with E-state index in [-0.39, 0.29) is 7.43 Å². The van der Waals surface area contributed by atoms with Crippen molar-refractivity contribution < 1.29 is 4.42 Å². The van der Waals surface area contributed by atoms with Gasteiger partial charge < -0.3 is 9.32 Å². The topological polar surface area (TPSA) is 19.4 Å². The van der Waals surface area contributed by atoms with Crippen LogP contribution in [0.5, 0.6) is 0 Å². The summed E-state index contributed by atoms with van der Waals surface area (Å²) in [7, 11) is 0. The van der Waals surface area contributed by atoms with Crippen LogP contribution in [0, 0.1) is 6.92 Å². The Morgan fingerprint density at radius 2 is 1.50 bits per heavy atom. The molecule has 0 fully saturated rings. The van der Waals surface area contributed by atoms with Gasteiger partial charge in [0.25, 0.3) is 0 Å². The summed E-state index contributed by atoms with van der Waals surface area (Å²) in [6.07, 6.45) is 0. The Labute approximate surface area is 193 Å². The van der Waals surface area contributed by atoms with E-state index in [4.69, 9.17) is 4.42 Å². The third kappa shape index (κ3) is 4.29. The molecule has 3 nitrogen and oxygen atoms in total. The van der Waals surface area contributed by atoms with Crippen molar-refractivity contribution in [1.82, 2.24) is 4.58 Å². The number of hydrogen-bond donors (Lipinski definition) is 0. The highest BCUT2D eigenvalue weighted by Crippen LogP contribution is 2.40. The normalized spacial score (nSPS) is 10.9. The monoisotopic (exact) mass is 429 g/mol. The van der Waals surface area contributed by atoms with E-state index in [1.54, 1.807) is 0 Å². The Morgan fingerprint density at radius 1 is 0.812 bits per heavy atom. The summed E-state index contributed by atoms with van der Waals surface area (Å²) >= 11 is 0. The first-order chi connectivity index (χ1) is 15.1. The first-order valence-corrected chi connectivity index (χ1v) is 11.5. The molecule has 0 bridgehead atoms. The highest BCUT2D eigenvalue weighted by atomic mass is 16.3. The molecule has 2 aliphatic rings. The molecule has 2 aromatic carbocycles. The van der Waals surface area contributed by atoms with Gasteiger partial charge in [0, 0.05) is 41.4 Å². The minimum absolute atomic E-state index is 0. The smallest absolute Gasteiger partial charge is 0.203 e. The maximum absolute atomic E-state index is 6.43. The molecule has 0 N–H and O–H groups in total. The Balaban J connectivity index is 0.00000289. The number of nitrogens with zero attached hydrogens (tertiary/aromatic N) is 2. The van der Waals surface area contributed by atoms with Crippen LogP contribution in [0.25, 0.3) is 33.4 Å². The molecule has 4 rings (SSSR count). The quantitative estimate of drug-likeness (QED) is 0.248. The van der Waals surface area contributed by atoms with E-state index >= 15 is 0 Å². The summed E-state index contributed by atoms with van der Waals surface area (Å²) in [5.74, 6) is 0.935. The maximum Gasteiger partial charge on any atom is 0.203 e. The van der Waals surface area contributed by atoms with E-state index in [1.807, 2.05) is 0 Å². The number of anilines is 1. The van der Waals surface area contributed by atoms with Crippen molar-refractivity contribution in [2.45, 2.75) is 42.0 Å². The summed E-state index contributed by atoms with van der Waals surface area (Å²) in [4.78, 5) is 2.38. The van der Waals surface area contributed by atoms with Gasteiger partial charge >= 0.3 is 0 Å². The molecule has 2 aromatic rings. The van der Waals surface area contributed by atoms with E-state index in [9.17, 15) is 0 Å². The van der Waals surface area contributed by atoms with Gasteiger partial charge in [-0.1, -0.05) is 31.7 Å². The zero-order chi connectivity index (χ0) is 22.0. The van der Waals surface area contributed by atoms with Crippen molar-refractivity contribution in [3.8, 4) is 22.5 Å². The fourth-order valence-corrected chi connectivity index (χ4v) is 4.51. The molecule has 1 aliphatic carbocycles. The van der Waals surface area contributed by atoms with Crippen molar-refractivity contribution >= 4 is 16.7 Å². The summed E-state index contributed by atoms with van der Waals surface area (Å²) in [5.41, 5.74) is 7.03. The van der Waals surface area contributed by atoms with Crippen molar-refractivity contribution in [3.05, 3.63) is 71.6 Å². The lowest BCUT2D eigenvalue weighted by molar-refractivity contribution is 0.604. The van der Waals surface area contributed by atoms with Gasteiger partial charge in [0.1, 0.15) is 24.4 Å². The average molecular weight is 430 g/mol. The number of benzene rings is 3. The second-order valence-electron chi connectivity index (χ2n) is 8.05. The molecule has 1 heterocycles. The van der Waals surface area contributed by atoms with Crippen LogP contribution in [0.3, 0.4) is 0 Å². The molecule has 0 saturated heterocycles. The molecule has 0 saturated carbocycles. The van der Waals surface area contributed by atoms with E-state index in [0.29, 0.717) is 0 Å². The molecule has 0 aromatic heterocycles. The second-order valence-corrected chi connectivity index (χ2v) is 8.05. The predicted molar refractivity (Wildman–Crippen MR) is 140 cm³/mol. The molecule has 0 radical (unpaired) electrons. The van der Waals surface area contributed by atoms with E-state index < -0.39 is 0 Å². The van der Waals surface area contributed by atoms with Crippen LogP contribution in [-0.2, 0) is 0 Å². The Bertz CT molecular complexity index is 1220. The Kier molecular flexibility index (Phi) is 7.40. The van der Waals surface area contributed by atoms with E-state index in [1.165, 1.54) is 27.7 Å². The van der Waals surface area contributed by atoms with Crippen molar-refractivity contribution in [2.75, 3.05) is 31.1 Å². The summed E-state index contributed by atoms with van der Waals surface area (Å²) in [6, 6.07) is 22.1. The number of fused-ring (bicyclic) bond motifs is 2. The fourth-order valence-electron chi connectivity index (χ4n) is 4.51. The largest absolute Gasteiger partial charge is 0.456 e. The Hall–Kier alpha value is -3.07. The van der Waals surface area contributed by atoms with Gasteiger partial charge in [0.2, 0.25) is 5.36 Å². The van der Waals surface area contributed by atoms with Crippen molar-refractivity contribution in [1.29, 1.82) is 0 Å². The van der Waals surface area contributed by atoms with E-state index in [2.05, 4.69) is 105 Å². The molecule has 32 heavy (non-hydrogen) atoms. The van der Waals surface area contributed by atoms with Crippen LogP contribution in [0.1, 0.15) is 40.7 Å². The number of aryl methyl sites for hydroxylation is 1. The lowest BCUT2D eigenvalue weighted by atomic mass is 9.93. The maximum atomic E-state index is 6.43. The third-order valence-corrected chi connectivity index (χ3v) is 6.27. The van der Waals surface area contributed by atoms with Gasteiger partial charge in [0.05, 0.1) is 6.07 Å². The van der Waals surface area contributed by atoms with Crippen LogP contribution in [0.2, 0.25) is 0 Å². The van der Waals surface area contributed by atoms with Gasteiger partial charge in [-0.3, -0.25) is 0 Å². The zero-order valence-corrected chi connectivity index (χ0v) is 19.4. The standard InChI is InChI=1S/C28H33N2O.CH4/c1-6-29(7-2)22-13-11-21(12-14-22)28-24-16-10-20(5)18-26(24)31-27-19-23(15-17-25(27)28)30(8-3)9-4;/h10-19H,6-9H2,1-5H3;1H4/q+1;. The molecular weight excluding hydrogens is 392 g/mol. The van der Waals surface area contributed by atoms with E-state index in [0.717, 1.165) is 48.5 Å². The first kappa shape index (κ1) is 23.6. The average Bonchev–Trinajstić information content (AvgIpc) is 2.79. The predicted octanol–water partition coefficient (Wildman–Crippen LogP) is 6.81. The third-order valence-electron chi connectivity index (χ3n) is 6.27. The summed E-state index contributed by atoms with van der Waals surface area (Å²) in [5, 5.41) is 2.36. The molecule has 0 unspecified atom stereocenters. The van der Waals surface area contributed by atoms with Crippen LogP contribution < -0.4 is 14.8 Å². The van der Waals surface area contributed by atoms with Crippen LogP contribution in [0.15, 0.2) is 65.1 Å². The highest BCUT2D eigenvalue weighted by molar-refractivity contribution is 6.02. The number of hydrogen-bond acceptors (Lipinski definition) is 2. The summed E-state index contributed by atoms with van der Waals surface area (Å²) in [6.45, 7) is 14.9. The minimum atomic E-state index is 0. The van der Waals surface area contributed by atoms with Gasteiger partial charge in [-0.05, 0) is 70.0 Å². The molecule has 3 heteroatoms. The van der Waals surface area contributed by atoms with Gasteiger partial charge in [-0.25, -0.2) is 4.58 Å². The lowest BCUT2D eigenvalue weighted by Crippen LogP contribution is -2.29. The first-order valence-electron chi connectivity index (χ1n) is 11.5. The lowest BCUT2D eigenvalue weighted by Gasteiger charge is -2.21. The molecular formula is C29H37N2O+. The van der Waals surface area contributed by atoms with Crippen molar-refractivity contribution in [2.24, 2.45) is 0 Å². The van der Waals surface area contributed by atoms with Gasteiger partial charge in [-0.15, -0.1) is 0 Å². The molecule has 0 atom stereocenters. The number of rotatable bonds is 6. The van der Waals surface area contributed by atoms with Crippen LogP contribution in [0.4, 0.5) is 5.69 Å². The minimum Gasteiger partial charge on any atom is -0.456 e. The SMILES string of the molecule is C.CCN(CC)c1ccc(-c2c3ccc(=[N+](CC)CC)cc-3oc3cc(C)ccc23)cc1. The van der Waals surface area contributed by atoms with Gasteiger partial charge in [-0.2, -0.15) is 0 Å². The molecule has 1 aliphatic heterocycles. The Morgan fingerprint density at radius 3 is 2.12 bits per heavy atom. The molecule has 168 valence electrons. The summed E-state index contributed by atoms with van der Waals surface area (Å²) < 4.78 is 8.79. The van der Waals surface area contributed by atoms with Gasteiger partial charge in [0.15, 0.2) is 0 Å². The highest BCUT2D eigenvalue weighted by Gasteiger charge is 2.18. The molecule has 0 amide bonds. The van der Waals surface area contributed by atoms with Crippen LogP contribution >= 0.6 is 0 Å². The zero-order valence-electron chi connectivity index (χ0n) is 19.4. The van der Waals surface area contributed by atoms with Crippen LogP contribution in [-0.4, -0.2) is 26.2 Å². The fraction of sp³-hybridized carbons (Fsp3) is 0.345. The second kappa shape index (κ2) is 10.0. The van der Waals surface area contributed by atoms with Crippen molar-refractivity contribution in [3.63, 3.8) is 0 Å².